The van der Waals surface area contributed by atoms with Gasteiger partial charge in [-0.15, -0.1) is 5.06 Å². The van der Waals surface area contributed by atoms with Crippen LogP contribution in [0.1, 0.15) is 74.0 Å². The lowest BCUT2D eigenvalue weighted by Gasteiger charge is -2.12. The SMILES string of the molecule is CCCC(=O)NCCOCCNC(=O)CCCCCCC(=O)ON1C(=O)CCC1=O.[HH].[HH]. The maximum absolute atomic E-state index is 11.7. The molecule has 10 nitrogen and oxygen atoms in total. The molecule has 0 radical (unpaired) electrons. The molecule has 0 atom stereocenters. The molecule has 1 aliphatic rings. The highest BCUT2D eigenvalue weighted by atomic mass is 16.7. The number of imide groups is 1. The van der Waals surface area contributed by atoms with Gasteiger partial charge in [-0.1, -0.05) is 19.8 Å². The molecular weight excluding hydrogens is 394 g/mol. The second kappa shape index (κ2) is 15.4. The summed E-state index contributed by atoms with van der Waals surface area (Å²) in [6, 6.07) is 0. The van der Waals surface area contributed by atoms with Gasteiger partial charge < -0.3 is 20.2 Å². The number of amides is 4. The number of nitrogens with zero attached hydrogens (tertiary/aromatic N) is 1. The summed E-state index contributed by atoms with van der Waals surface area (Å²) in [5.41, 5.74) is 0. The number of nitrogens with one attached hydrogen (secondary N) is 2. The summed E-state index contributed by atoms with van der Waals surface area (Å²) in [4.78, 5) is 62.1. The molecule has 0 aromatic rings. The normalized spacial score (nSPS) is 13.4. The maximum atomic E-state index is 11.7. The number of unbranched alkanes of at least 4 members (excludes halogenated alkanes) is 3. The van der Waals surface area contributed by atoms with E-state index in [1.807, 2.05) is 6.92 Å². The molecule has 30 heavy (non-hydrogen) atoms. The molecule has 1 aliphatic heterocycles. The van der Waals surface area contributed by atoms with Gasteiger partial charge in [0, 0.05) is 48.0 Å². The van der Waals surface area contributed by atoms with Crippen LogP contribution in [0, 0.1) is 0 Å². The first-order valence-corrected chi connectivity index (χ1v) is 10.6. The summed E-state index contributed by atoms with van der Waals surface area (Å²) < 4.78 is 5.33. The Bertz CT molecular complexity index is 590. The average molecular weight is 432 g/mol. The van der Waals surface area contributed by atoms with Crippen molar-refractivity contribution >= 4 is 29.6 Å². The van der Waals surface area contributed by atoms with Gasteiger partial charge in [-0.3, -0.25) is 19.2 Å². The minimum Gasteiger partial charge on any atom is -0.378 e. The van der Waals surface area contributed by atoms with Gasteiger partial charge in [0.25, 0.3) is 11.8 Å². The molecule has 0 spiro atoms. The molecule has 0 unspecified atom stereocenters. The summed E-state index contributed by atoms with van der Waals surface area (Å²) in [7, 11) is 0. The molecule has 0 aromatic carbocycles. The van der Waals surface area contributed by atoms with E-state index in [2.05, 4.69) is 10.6 Å². The first-order chi connectivity index (χ1) is 14.4. The fraction of sp³-hybridized carbons (Fsp3) is 0.750. The zero-order valence-corrected chi connectivity index (χ0v) is 17.7. The summed E-state index contributed by atoms with van der Waals surface area (Å²) in [5.74, 6) is -1.60. The van der Waals surface area contributed by atoms with Crippen molar-refractivity contribution in [3.63, 3.8) is 0 Å². The van der Waals surface area contributed by atoms with Crippen LogP contribution in [-0.2, 0) is 33.5 Å². The fourth-order valence-corrected chi connectivity index (χ4v) is 2.74. The number of hydroxylamine groups is 2. The lowest BCUT2D eigenvalue weighted by molar-refractivity contribution is -0.197. The van der Waals surface area contributed by atoms with Crippen molar-refractivity contribution in [2.24, 2.45) is 0 Å². The van der Waals surface area contributed by atoms with Crippen LogP contribution >= 0.6 is 0 Å². The van der Waals surface area contributed by atoms with Gasteiger partial charge in [-0.25, -0.2) is 4.79 Å². The quantitative estimate of drug-likeness (QED) is 0.279. The molecule has 0 saturated carbocycles. The monoisotopic (exact) mass is 431 g/mol. The van der Waals surface area contributed by atoms with Gasteiger partial charge >= 0.3 is 5.97 Å². The predicted octanol–water partition coefficient (Wildman–Crippen LogP) is 1.48. The van der Waals surface area contributed by atoms with Gasteiger partial charge in [0.15, 0.2) is 0 Å². The van der Waals surface area contributed by atoms with E-state index >= 15 is 0 Å². The lowest BCUT2D eigenvalue weighted by Crippen LogP contribution is -2.31. The van der Waals surface area contributed by atoms with Crippen molar-refractivity contribution in [2.45, 2.75) is 71.1 Å². The van der Waals surface area contributed by atoms with Crippen LogP contribution in [0.3, 0.4) is 0 Å². The highest BCUT2D eigenvalue weighted by molar-refractivity contribution is 6.01. The largest absolute Gasteiger partial charge is 0.378 e. The highest BCUT2D eigenvalue weighted by Crippen LogP contribution is 2.13. The van der Waals surface area contributed by atoms with E-state index in [0.29, 0.717) is 57.0 Å². The summed E-state index contributed by atoms with van der Waals surface area (Å²) in [6.07, 6.45) is 4.82. The summed E-state index contributed by atoms with van der Waals surface area (Å²) in [6.45, 7) is 3.62. The maximum Gasteiger partial charge on any atom is 0.333 e. The average Bonchev–Trinajstić information content (AvgIpc) is 3.02. The van der Waals surface area contributed by atoms with Crippen LogP contribution in [-0.4, -0.2) is 61.0 Å². The first-order valence-electron chi connectivity index (χ1n) is 10.6. The van der Waals surface area contributed by atoms with E-state index in [1.54, 1.807) is 0 Å². The standard InChI is InChI=1S/C20H33N3O7.2H2/c1-2-7-16(24)21-12-14-29-15-13-22-17(25)8-5-3-4-6-9-20(28)30-23-18(26)10-11-19(23)27;;/h2-15H2,1H3,(H,21,24)(H,22,25);2*1H. The van der Waals surface area contributed by atoms with Gasteiger partial charge in [0.05, 0.1) is 13.2 Å². The molecule has 174 valence electrons. The van der Waals surface area contributed by atoms with E-state index in [4.69, 9.17) is 9.57 Å². The Balaban J connectivity index is 0. The van der Waals surface area contributed by atoms with Crippen LogP contribution in [0.15, 0.2) is 0 Å². The Kier molecular flexibility index (Phi) is 13.1. The minimum absolute atomic E-state index is 0. The second-order valence-corrected chi connectivity index (χ2v) is 7.02. The lowest BCUT2D eigenvalue weighted by atomic mass is 10.1. The Morgan fingerprint density at radius 1 is 0.867 bits per heavy atom. The molecule has 1 heterocycles. The molecular formula is C20H37N3O7. The number of carbonyl (C=O) groups excluding carboxylic acids is 5. The third kappa shape index (κ3) is 11.5. The van der Waals surface area contributed by atoms with Crippen LogP contribution in [0.25, 0.3) is 0 Å². The number of hydrogen-bond acceptors (Lipinski definition) is 7. The van der Waals surface area contributed by atoms with Crippen LogP contribution < -0.4 is 10.6 Å². The van der Waals surface area contributed by atoms with Crippen molar-refractivity contribution < 1.29 is 36.4 Å². The van der Waals surface area contributed by atoms with Gasteiger partial charge in [0.1, 0.15) is 0 Å². The Hall–Kier alpha value is -2.49. The minimum atomic E-state index is -0.596. The van der Waals surface area contributed by atoms with E-state index in [9.17, 15) is 24.0 Å². The zero-order chi connectivity index (χ0) is 22.2. The van der Waals surface area contributed by atoms with Crippen LogP contribution in [0.5, 0.6) is 0 Å². The topological polar surface area (TPSA) is 131 Å². The van der Waals surface area contributed by atoms with Crippen molar-refractivity contribution in [2.75, 3.05) is 26.3 Å². The van der Waals surface area contributed by atoms with E-state index in [1.165, 1.54) is 0 Å². The van der Waals surface area contributed by atoms with E-state index in [0.717, 1.165) is 19.3 Å². The van der Waals surface area contributed by atoms with Gasteiger partial charge in [-0.05, 0) is 19.3 Å². The number of hydrogen-bond donors (Lipinski definition) is 2. The van der Waals surface area contributed by atoms with Crippen molar-refractivity contribution in [1.82, 2.24) is 15.7 Å². The smallest absolute Gasteiger partial charge is 0.333 e. The third-order valence-electron chi connectivity index (χ3n) is 4.35. The van der Waals surface area contributed by atoms with Crippen LogP contribution in [0.2, 0.25) is 0 Å². The number of rotatable bonds is 16. The zero-order valence-electron chi connectivity index (χ0n) is 17.7. The van der Waals surface area contributed by atoms with Crippen molar-refractivity contribution in [3.05, 3.63) is 0 Å². The van der Waals surface area contributed by atoms with Crippen molar-refractivity contribution in [3.8, 4) is 0 Å². The predicted molar refractivity (Wildman–Crippen MR) is 111 cm³/mol. The van der Waals surface area contributed by atoms with Gasteiger partial charge in [-0.2, -0.15) is 0 Å². The molecule has 1 rings (SSSR count). The molecule has 0 aliphatic carbocycles. The Morgan fingerprint density at radius 3 is 1.97 bits per heavy atom. The molecule has 10 heteroatoms. The van der Waals surface area contributed by atoms with E-state index in [-0.39, 0.29) is 33.9 Å². The van der Waals surface area contributed by atoms with Crippen LogP contribution in [0.4, 0.5) is 0 Å². The third-order valence-corrected chi connectivity index (χ3v) is 4.35. The first kappa shape index (κ1) is 25.5. The molecule has 4 amide bonds. The summed E-state index contributed by atoms with van der Waals surface area (Å²) >= 11 is 0. The number of ether oxygens (including phenoxy) is 1. The molecule has 0 aromatic heterocycles. The second-order valence-electron chi connectivity index (χ2n) is 7.02. The number of carbonyl (C=O) groups is 5. The summed E-state index contributed by atoms with van der Waals surface area (Å²) in [5, 5.41) is 6.06. The van der Waals surface area contributed by atoms with Gasteiger partial charge in [0.2, 0.25) is 11.8 Å². The molecule has 0 bridgehead atoms. The van der Waals surface area contributed by atoms with E-state index < -0.39 is 17.8 Å². The fourth-order valence-electron chi connectivity index (χ4n) is 2.74. The molecule has 2 N–H and O–H groups in total. The highest BCUT2D eigenvalue weighted by Gasteiger charge is 2.32. The molecule has 1 saturated heterocycles. The molecule has 1 fully saturated rings. The van der Waals surface area contributed by atoms with Crippen molar-refractivity contribution in [1.29, 1.82) is 0 Å². The Morgan fingerprint density at radius 2 is 1.40 bits per heavy atom. The Labute approximate surface area is 179 Å².